The fourth-order valence-corrected chi connectivity index (χ4v) is 4.69. The Hall–Kier alpha value is -2.76. The van der Waals surface area contributed by atoms with Gasteiger partial charge < -0.3 is 36.0 Å². The van der Waals surface area contributed by atoms with Gasteiger partial charge in [-0.25, -0.2) is 4.99 Å². The zero-order valence-electron chi connectivity index (χ0n) is 14.7. The maximum absolute atomic E-state index is 11.0. The first-order valence-electron chi connectivity index (χ1n) is 8.56. The number of nitrogens with two attached hydrogens (primary N) is 1. The van der Waals surface area contributed by atoms with Crippen LogP contribution in [-0.4, -0.2) is 65.3 Å². The van der Waals surface area contributed by atoms with Gasteiger partial charge in [0, 0.05) is 30.8 Å². The summed E-state index contributed by atoms with van der Waals surface area (Å²) in [4.78, 5) is 10.00. The van der Waals surface area contributed by atoms with Crippen molar-refractivity contribution >= 4 is 23.3 Å². The zero-order chi connectivity index (χ0) is 19.1. The summed E-state index contributed by atoms with van der Waals surface area (Å²) in [6.07, 6.45) is 0. The predicted octanol–water partition coefficient (Wildman–Crippen LogP) is -0.233. The number of nitrogens with one attached hydrogen (secondary N) is 1. The lowest BCUT2D eigenvalue weighted by molar-refractivity contribution is -0.0324. The third kappa shape index (κ3) is 1.85. The first-order valence-corrected chi connectivity index (χ1v) is 8.56. The lowest BCUT2D eigenvalue weighted by atomic mass is 9.88. The van der Waals surface area contributed by atoms with Crippen LogP contribution in [0.3, 0.4) is 0 Å². The van der Waals surface area contributed by atoms with Gasteiger partial charge in [-0.05, 0) is 6.92 Å². The Balaban J connectivity index is 1.74. The van der Waals surface area contributed by atoms with Crippen molar-refractivity contribution in [3.05, 3.63) is 11.1 Å². The summed E-state index contributed by atoms with van der Waals surface area (Å²) < 4.78 is 5.87. The molecule has 4 heterocycles. The Morgan fingerprint density at radius 1 is 1.37 bits per heavy atom. The summed E-state index contributed by atoms with van der Waals surface area (Å²) in [5.74, 6) is -0.783. The topological polar surface area (TPSA) is 171 Å². The number of hydrogen-bond acceptors (Lipinski definition) is 9. The molecule has 4 aliphatic rings. The summed E-state index contributed by atoms with van der Waals surface area (Å²) in [5.41, 5.74) is 5.96. The highest BCUT2D eigenvalue weighted by Crippen LogP contribution is 2.63. The van der Waals surface area contributed by atoms with Crippen LogP contribution in [0.25, 0.3) is 0 Å². The number of azo groups is 1. The second-order valence-corrected chi connectivity index (χ2v) is 7.07. The Morgan fingerprint density at radius 3 is 2.78 bits per heavy atom. The van der Waals surface area contributed by atoms with Crippen LogP contribution in [0.2, 0.25) is 0 Å². The number of nitrogens with zero attached hydrogens (tertiary/aromatic N) is 5. The number of methoxy groups -OCH3 is 1. The van der Waals surface area contributed by atoms with Crippen molar-refractivity contribution in [1.82, 2.24) is 5.32 Å². The van der Waals surface area contributed by atoms with Gasteiger partial charge in [-0.2, -0.15) is 4.99 Å². The van der Waals surface area contributed by atoms with Gasteiger partial charge >= 0.3 is 0 Å². The number of fused-ring (bicyclic) bond motifs is 5. The first kappa shape index (κ1) is 16.4. The highest BCUT2D eigenvalue weighted by atomic mass is 16.5. The van der Waals surface area contributed by atoms with E-state index in [1.807, 2.05) is 4.90 Å². The van der Waals surface area contributed by atoms with Crippen molar-refractivity contribution in [1.29, 1.82) is 0 Å². The zero-order valence-corrected chi connectivity index (χ0v) is 14.7. The van der Waals surface area contributed by atoms with Crippen molar-refractivity contribution in [2.75, 3.05) is 25.2 Å². The molecule has 0 saturated carbocycles. The van der Waals surface area contributed by atoms with E-state index in [1.165, 1.54) is 0 Å². The van der Waals surface area contributed by atoms with Crippen LogP contribution < -0.4 is 16.0 Å². The van der Waals surface area contributed by atoms with Crippen molar-refractivity contribution in [3.63, 3.8) is 0 Å². The molecule has 2 saturated heterocycles. The number of ether oxygens (including phenoxy) is 1. The van der Waals surface area contributed by atoms with Crippen LogP contribution in [0.15, 0.2) is 20.2 Å². The van der Waals surface area contributed by atoms with Crippen LogP contribution in [0, 0.1) is 6.92 Å². The van der Waals surface area contributed by atoms with E-state index in [2.05, 4.69) is 25.5 Å². The molecule has 0 bridgehead atoms. The average Bonchev–Trinajstić information content (AvgIpc) is 3.05. The van der Waals surface area contributed by atoms with Gasteiger partial charge in [-0.15, -0.1) is 10.2 Å². The fraction of sp³-hybridized carbons (Fsp3) is 0.500. The Bertz CT molecular complexity index is 959. The molecule has 142 valence electrons. The molecule has 4 aliphatic heterocycles. The van der Waals surface area contributed by atoms with Crippen molar-refractivity contribution in [2.45, 2.75) is 30.7 Å². The van der Waals surface area contributed by atoms with E-state index in [0.717, 1.165) is 0 Å². The third-order valence-electron chi connectivity index (χ3n) is 5.90. The molecular weight excluding hydrogens is 354 g/mol. The molecule has 1 aromatic rings. The van der Waals surface area contributed by atoms with E-state index < -0.39 is 11.6 Å². The molecule has 0 aromatic heterocycles. The predicted molar refractivity (Wildman–Crippen MR) is 95.7 cm³/mol. The number of anilines is 1. The normalized spacial score (nSPS) is 34.0. The summed E-state index contributed by atoms with van der Waals surface area (Å²) in [6, 6.07) is 0.235. The van der Waals surface area contributed by atoms with Crippen LogP contribution >= 0.6 is 0 Å². The number of hydrogen-bond donors (Lipinski definition) is 5. The molecule has 0 amide bonds. The lowest BCUT2D eigenvalue weighted by Gasteiger charge is -2.38. The smallest absolute Gasteiger partial charge is 0.273 e. The minimum Gasteiger partial charge on any atom is -0.505 e. The van der Waals surface area contributed by atoms with Crippen LogP contribution in [0.1, 0.15) is 17.0 Å². The van der Waals surface area contributed by atoms with Crippen LogP contribution in [0.4, 0.5) is 11.4 Å². The molecule has 5 rings (SSSR count). The molecule has 0 aliphatic carbocycles. The Morgan fingerprint density at radius 2 is 2.15 bits per heavy atom. The molecule has 4 unspecified atom stereocenters. The van der Waals surface area contributed by atoms with Gasteiger partial charge in [0.1, 0.15) is 17.2 Å². The van der Waals surface area contributed by atoms with E-state index in [1.54, 1.807) is 14.0 Å². The third-order valence-corrected chi connectivity index (χ3v) is 5.90. The van der Waals surface area contributed by atoms with Gasteiger partial charge in [0.05, 0.1) is 24.3 Å². The SMILES string of the molecule is COC12C(CO)c3c(O)c(N=C4N=NC(N)=N4)c(C)c(O)c3N1CC1NC12. The molecule has 11 heteroatoms. The Labute approximate surface area is 153 Å². The lowest BCUT2D eigenvalue weighted by Crippen LogP contribution is -2.54. The monoisotopic (exact) mass is 373 g/mol. The average molecular weight is 373 g/mol. The minimum absolute atomic E-state index is 0.00829. The maximum atomic E-state index is 11.0. The fourth-order valence-electron chi connectivity index (χ4n) is 4.69. The number of phenolic OH excluding ortho intramolecular Hbond substituents is 2. The number of benzene rings is 1. The number of aromatic hydroxyl groups is 2. The van der Waals surface area contributed by atoms with E-state index in [-0.39, 0.29) is 47.8 Å². The quantitative estimate of drug-likeness (QED) is 0.359. The highest BCUT2D eigenvalue weighted by Gasteiger charge is 2.71. The molecule has 2 fully saturated rings. The minimum atomic E-state index is -0.870. The number of guanidine groups is 2. The summed E-state index contributed by atoms with van der Waals surface area (Å²) >= 11 is 0. The molecule has 1 aromatic carbocycles. The van der Waals surface area contributed by atoms with Crippen LogP contribution in [0.5, 0.6) is 11.5 Å². The largest absolute Gasteiger partial charge is 0.505 e. The van der Waals surface area contributed by atoms with Gasteiger partial charge in [0.15, 0.2) is 5.72 Å². The first-order chi connectivity index (χ1) is 12.9. The van der Waals surface area contributed by atoms with Gasteiger partial charge in [-0.3, -0.25) is 0 Å². The number of aliphatic hydroxyl groups is 1. The number of rotatable bonds is 3. The molecule has 11 nitrogen and oxygen atoms in total. The Kier molecular flexibility index (Phi) is 3.13. The standard InChI is InChI=1S/C16H19N7O4/c1-5-9(19-15-20-14(17)21-22-15)12(26)8-6(4-24)16(27-2)13-7(18-13)3-23(16)10(8)11(5)25/h6-7,13,18,24-26H,3-4H2,1-2H3,(H2,17,19,20). The number of piperazine rings is 1. The summed E-state index contributed by atoms with van der Waals surface area (Å²) in [7, 11) is 1.57. The maximum Gasteiger partial charge on any atom is 0.273 e. The second kappa shape index (κ2) is 5.15. The molecule has 6 N–H and O–H groups in total. The van der Waals surface area contributed by atoms with E-state index in [9.17, 15) is 15.3 Å². The van der Waals surface area contributed by atoms with Crippen LogP contribution in [-0.2, 0) is 4.74 Å². The molecule has 4 atom stereocenters. The molecule has 0 radical (unpaired) electrons. The number of phenols is 2. The summed E-state index contributed by atoms with van der Waals surface area (Å²) in [5, 5.41) is 42.7. The molecular formula is C16H19N7O4. The van der Waals surface area contributed by atoms with Crippen molar-refractivity contribution in [2.24, 2.45) is 25.9 Å². The number of aliphatic hydroxyl groups excluding tert-OH is 1. The van der Waals surface area contributed by atoms with Crippen molar-refractivity contribution < 1.29 is 20.1 Å². The second-order valence-electron chi connectivity index (χ2n) is 7.07. The van der Waals surface area contributed by atoms with Crippen molar-refractivity contribution in [3.8, 4) is 11.5 Å². The molecule has 27 heavy (non-hydrogen) atoms. The van der Waals surface area contributed by atoms with Gasteiger partial charge in [0.25, 0.3) is 5.96 Å². The van der Waals surface area contributed by atoms with Gasteiger partial charge in [0.2, 0.25) is 5.96 Å². The summed E-state index contributed by atoms with van der Waals surface area (Å²) in [6.45, 7) is 1.99. The highest BCUT2D eigenvalue weighted by molar-refractivity contribution is 6.00. The number of aliphatic imine (C=N–C) groups is 2. The van der Waals surface area contributed by atoms with E-state index in [4.69, 9.17) is 10.5 Å². The van der Waals surface area contributed by atoms with E-state index >= 15 is 0 Å². The molecule has 0 spiro atoms. The van der Waals surface area contributed by atoms with Gasteiger partial charge in [-0.1, -0.05) is 0 Å². The van der Waals surface area contributed by atoms with E-state index in [0.29, 0.717) is 23.4 Å².